The Labute approximate surface area is 387 Å². The maximum atomic E-state index is 12.8. The average molecular weight is 877 g/mol. The number of carbonyl (C=O) groups excluding carboxylic acids is 3. The Morgan fingerprint density at radius 2 is 0.613 bits per heavy atom. The molecule has 0 aromatic heterocycles. The number of hydrogen-bond acceptors (Lipinski definition) is 6. The van der Waals surface area contributed by atoms with Gasteiger partial charge in [0.25, 0.3) is 0 Å². The van der Waals surface area contributed by atoms with E-state index >= 15 is 0 Å². The Bertz CT molecular complexity index is 949. The molecule has 0 saturated heterocycles. The van der Waals surface area contributed by atoms with Crippen molar-refractivity contribution in [2.75, 3.05) is 13.2 Å². The summed E-state index contributed by atoms with van der Waals surface area (Å²) in [5.41, 5.74) is 0. The van der Waals surface area contributed by atoms with Crippen LogP contribution in [0.1, 0.15) is 311 Å². The lowest BCUT2D eigenvalue weighted by Crippen LogP contribution is -2.30. The standard InChI is InChI=1S/C56H108O6/c1-6-8-9-10-11-12-13-20-26-31-36-41-46-54(57)60-49-53(62-56(59)48-43-38-33-28-23-22-25-30-35-40-45-52(5)7-2)50-61-55(58)47-42-37-32-27-21-18-16-14-15-17-19-24-29-34-39-44-51(3)4/h51-53H,6-50H2,1-5H3/t52?,53-/m1/s1. The molecule has 368 valence electrons. The fourth-order valence-corrected chi connectivity index (χ4v) is 8.49. The Hall–Kier alpha value is -1.59. The Kier molecular flexibility index (Phi) is 47.6. The molecule has 0 amide bonds. The van der Waals surface area contributed by atoms with Crippen molar-refractivity contribution >= 4 is 17.9 Å². The number of hydrogen-bond donors (Lipinski definition) is 0. The third-order valence-electron chi connectivity index (χ3n) is 13.1. The van der Waals surface area contributed by atoms with E-state index in [0.29, 0.717) is 19.3 Å². The van der Waals surface area contributed by atoms with Gasteiger partial charge >= 0.3 is 17.9 Å². The SMILES string of the molecule is CCCCCCCCCCCCCCC(=O)OC[C@H](COC(=O)CCCCCCCCCCCCCCCCCC(C)C)OC(=O)CCCCCCCCCCCCC(C)CC. The van der Waals surface area contributed by atoms with Gasteiger partial charge in [0.15, 0.2) is 6.10 Å². The Morgan fingerprint density at radius 1 is 0.339 bits per heavy atom. The summed E-state index contributed by atoms with van der Waals surface area (Å²) in [6, 6.07) is 0. The lowest BCUT2D eigenvalue weighted by molar-refractivity contribution is -0.167. The van der Waals surface area contributed by atoms with Crippen LogP contribution in [0.15, 0.2) is 0 Å². The van der Waals surface area contributed by atoms with Crippen LogP contribution in [0.2, 0.25) is 0 Å². The van der Waals surface area contributed by atoms with Crippen LogP contribution in [-0.4, -0.2) is 37.2 Å². The van der Waals surface area contributed by atoms with Crippen LogP contribution in [0.4, 0.5) is 0 Å². The third-order valence-corrected chi connectivity index (χ3v) is 13.1. The van der Waals surface area contributed by atoms with Crippen LogP contribution in [0.5, 0.6) is 0 Å². The molecule has 0 aromatic carbocycles. The molecule has 1 unspecified atom stereocenters. The first-order chi connectivity index (χ1) is 30.3. The van der Waals surface area contributed by atoms with Crippen molar-refractivity contribution < 1.29 is 28.6 Å². The number of ether oxygens (including phenoxy) is 3. The van der Waals surface area contributed by atoms with Crippen LogP contribution in [0, 0.1) is 11.8 Å². The van der Waals surface area contributed by atoms with Crippen molar-refractivity contribution in [3.63, 3.8) is 0 Å². The van der Waals surface area contributed by atoms with E-state index in [4.69, 9.17) is 14.2 Å². The van der Waals surface area contributed by atoms with E-state index < -0.39 is 6.10 Å². The summed E-state index contributed by atoms with van der Waals surface area (Å²) in [6.45, 7) is 11.4. The average Bonchev–Trinajstić information content (AvgIpc) is 3.26. The topological polar surface area (TPSA) is 78.9 Å². The fraction of sp³-hybridized carbons (Fsp3) is 0.946. The summed E-state index contributed by atoms with van der Waals surface area (Å²) in [5, 5.41) is 0. The summed E-state index contributed by atoms with van der Waals surface area (Å²) >= 11 is 0. The van der Waals surface area contributed by atoms with Gasteiger partial charge in [-0.1, -0.05) is 272 Å². The highest BCUT2D eigenvalue weighted by atomic mass is 16.6. The van der Waals surface area contributed by atoms with Gasteiger partial charge in [-0.2, -0.15) is 0 Å². The molecule has 0 aliphatic heterocycles. The summed E-state index contributed by atoms with van der Waals surface area (Å²) in [4.78, 5) is 38.0. The number of rotatable bonds is 50. The number of carbonyl (C=O) groups is 3. The molecule has 0 saturated carbocycles. The molecule has 0 heterocycles. The Morgan fingerprint density at radius 3 is 0.919 bits per heavy atom. The van der Waals surface area contributed by atoms with Crippen LogP contribution in [0.3, 0.4) is 0 Å². The minimum atomic E-state index is -0.762. The maximum absolute atomic E-state index is 12.8. The third kappa shape index (κ3) is 47.9. The molecule has 0 fully saturated rings. The molecule has 0 rings (SSSR count). The molecule has 6 heteroatoms. The van der Waals surface area contributed by atoms with Crippen molar-refractivity contribution in [1.29, 1.82) is 0 Å². The molecule has 0 spiro atoms. The van der Waals surface area contributed by atoms with E-state index in [1.54, 1.807) is 0 Å². The van der Waals surface area contributed by atoms with Crippen molar-refractivity contribution in [3.05, 3.63) is 0 Å². The van der Waals surface area contributed by atoms with Crippen LogP contribution < -0.4 is 0 Å². The lowest BCUT2D eigenvalue weighted by atomic mass is 9.99. The predicted molar refractivity (Wildman–Crippen MR) is 266 cm³/mol. The normalized spacial score (nSPS) is 12.5. The molecular formula is C56H108O6. The van der Waals surface area contributed by atoms with E-state index in [-0.39, 0.29) is 31.1 Å². The first-order valence-electron chi connectivity index (χ1n) is 27.8. The monoisotopic (exact) mass is 877 g/mol. The molecule has 0 aliphatic carbocycles. The molecule has 62 heavy (non-hydrogen) atoms. The van der Waals surface area contributed by atoms with Gasteiger partial charge in [-0.15, -0.1) is 0 Å². The van der Waals surface area contributed by atoms with Gasteiger partial charge in [0.2, 0.25) is 0 Å². The molecule has 2 atom stereocenters. The molecular weight excluding hydrogens is 769 g/mol. The molecule has 6 nitrogen and oxygen atoms in total. The zero-order valence-corrected chi connectivity index (χ0v) is 42.5. The van der Waals surface area contributed by atoms with Crippen molar-refractivity contribution in [2.24, 2.45) is 11.8 Å². The van der Waals surface area contributed by atoms with Gasteiger partial charge in [0, 0.05) is 19.3 Å². The van der Waals surface area contributed by atoms with E-state index in [1.807, 2.05) is 0 Å². The van der Waals surface area contributed by atoms with Crippen LogP contribution >= 0.6 is 0 Å². The summed E-state index contributed by atoms with van der Waals surface area (Å²) in [5.74, 6) is 0.874. The molecule has 0 N–H and O–H groups in total. The van der Waals surface area contributed by atoms with Crippen molar-refractivity contribution in [2.45, 2.75) is 317 Å². The van der Waals surface area contributed by atoms with Crippen LogP contribution in [-0.2, 0) is 28.6 Å². The minimum Gasteiger partial charge on any atom is -0.462 e. The first-order valence-corrected chi connectivity index (χ1v) is 27.8. The maximum Gasteiger partial charge on any atom is 0.306 e. The summed E-state index contributed by atoms with van der Waals surface area (Å²) in [7, 11) is 0. The molecule has 0 aliphatic rings. The van der Waals surface area contributed by atoms with Gasteiger partial charge < -0.3 is 14.2 Å². The fourth-order valence-electron chi connectivity index (χ4n) is 8.49. The van der Waals surface area contributed by atoms with Crippen LogP contribution in [0.25, 0.3) is 0 Å². The van der Waals surface area contributed by atoms with Crippen molar-refractivity contribution in [1.82, 2.24) is 0 Å². The van der Waals surface area contributed by atoms with Gasteiger partial charge in [0.05, 0.1) is 0 Å². The predicted octanol–water partition coefficient (Wildman–Crippen LogP) is 18.1. The van der Waals surface area contributed by atoms with E-state index in [1.165, 1.54) is 199 Å². The summed E-state index contributed by atoms with van der Waals surface area (Å²) in [6.07, 6.45) is 50.8. The van der Waals surface area contributed by atoms with E-state index in [0.717, 1.165) is 69.6 Å². The van der Waals surface area contributed by atoms with Gasteiger partial charge in [-0.25, -0.2) is 0 Å². The minimum absolute atomic E-state index is 0.0631. The second-order valence-corrected chi connectivity index (χ2v) is 19.9. The zero-order valence-electron chi connectivity index (χ0n) is 42.5. The smallest absolute Gasteiger partial charge is 0.306 e. The van der Waals surface area contributed by atoms with Gasteiger partial charge in [-0.3, -0.25) is 14.4 Å². The van der Waals surface area contributed by atoms with Gasteiger partial charge in [-0.05, 0) is 31.1 Å². The van der Waals surface area contributed by atoms with Crippen molar-refractivity contribution in [3.8, 4) is 0 Å². The highest BCUT2D eigenvalue weighted by Gasteiger charge is 2.19. The quantitative estimate of drug-likeness (QED) is 0.0344. The second-order valence-electron chi connectivity index (χ2n) is 19.9. The lowest BCUT2D eigenvalue weighted by Gasteiger charge is -2.18. The number of unbranched alkanes of at least 4 members (excludes halogenated alkanes) is 34. The highest BCUT2D eigenvalue weighted by molar-refractivity contribution is 5.71. The first kappa shape index (κ1) is 60.4. The molecule has 0 radical (unpaired) electrons. The summed E-state index contributed by atoms with van der Waals surface area (Å²) < 4.78 is 16.9. The molecule has 0 aromatic rings. The number of esters is 3. The second kappa shape index (κ2) is 48.9. The zero-order chi connectivity index (χ0) is 45.4. The molecule has 0 bridgehead atoms. The Balaban J connectivity index is 4.28. The van der Waals surface area contributed by atoms with Gasteiger partial charge in [0.1, 0.15) is 13.2 Å². The largest absolute Gasteiger partial charge is 0.462 e. The highest BCUT2D eigenvalue weighted by Crippen LogP contribution is 2.18. The van der Waals surface area contributed by atoms with E-state index in [9.17, 15) is 14.4 Å². The van der Waals surface area contributed by atoms with E-state index in [2.05, 4.69) is 34.6 Å².